The Balaban J connectivity index is 2.16. The second-order valence-corrected chi connectivity index (χ2v) is 5.42. The minimum absolute atomic E-state index is 0.440. The molecule has 3 rings (SSSR count). The molecule has 2 aromatic heterocycles. The summed E-state index contributed by atoms with van der Waals surface area (Å²) in [7, 11) is 0. The third-order valence-electron chi connectivity index (χ3n) is 3.60. The minimum atomic E-state index is 0.440. The molecule has 0 aliphatic rings. The summed E-state index contributed by atoms with van der Waals surface area (Å²) < 4.78 is 0. The second kappa shape index (κ2) is 5.88. The van der Waals surface area contributed by atoms with Crippen molar-refractivity contribution < 1.29 is 0 Å². The SMILES string of the molecule is CC(C)c1cnc(-c2cccnc2)cc1-c1ccccc1. The fraction of sp³-hybridized carbons (Fsp3) is 0.158. The molecule has 0 radical (unpaired) electrons. The molecule has 0 aliphatic carbocycles. The Kier molecular flexibility index (Phi) is 3.78. The first-order chi connectivity index (χ1) is 10.3. The predicted octanol–water partition coefficient (Wildman–Crippen LogP) is 4.93. The summed E-state index contributed by atoms with van der Waals surface area (Å²) >= 11 is 0. The van der Waals surface area contributed by atoms with E-state index in [9.17, 15) is 0 Å². The van der Waals surface area contributed by atoms with Crippen molar-refractivity contribution in [1.29, 1.82) is 0 Å². The van der Waals surface area contributed by atoms with Crippen molar-refractivity contribution in [3.8, 4) is 22.4 Å². The van der Waals surface area contributed by atoms with Gasteiger partial charge in [0, 0.05) is 24.2 Å². The number of hydrogen-bond acceptors (Lipinski definition) is 2. The van der Waals surface area contributed by atoms with E-state index in [4.69, 9.17) is 0 Å². The molecule has 21 heavy (non-hydrogen) atoms. The molecule has 0 fully saturated rings. The molecule has 1 aromatic carbocycles. The Morgan fingerprint density at radius 3 is 2.29 bits per heavy atom. The van der Waals surface area contributed by atoms with Gasteiger partial charge >= 0.3 is 0 Å². The van der Waals surface area contributed by atoms with Crippen molar-refractivity contribution in [3.05, 3.63) is 72.7 Å². The zero-order valence-corrected chi connectivity index (χ0v) is 12.3. The van der Waals surface area contributed by atoms with Crippen LogP contribution in [0.1, 0.15) is 25.3 Å². The van der Waals surface area contributed by atoms with Gasteiger partial charge in [0.05, 0.1) is 5.69 Å². The monoisotopic (exact) mass is 274 g/mol. The summed E-state index contributed by atoms with van der Waals surface area (Å²) in [5, 5.41) is 0. The van der Waals surface area contributed by atoms with E-state index in [0.29, 0.717) is 5.92 Å². The molecule has 0 saturated carbocycles. The summed E-state index contributed by atoms with van der Waals surface area (Å²) in [5.41, 5.74) is 5.76. The highest BCUT2D eigenvalue weighted by Crippen LogP contribution is 2.31. The molecular formula is C19H18N2. The standard InChI is InChI=1S/C19H18N2/c1-14(2)18-13-21-19(16-9-6-10-20-12-16)11-17(18)15-7-4-3-5-8-15/h3-14H,1-2H3. The maximum atomic E-state index is 4.62. The number of nitrogens with zero attached hydrogens (tertiary/aromatic N) is 2. The number of rotatable bonds is 3. The van der Waals surface area contributed by atoms with Crippen LogP contribution in [-0.4, -0.2) is 9.97 Å². The van der Waals surface area contributed by atoms with E-state index in [0.717, 1.165) is 11.3 Å². The fourth-order valence-electron chi connectivity index (χ4n) is 2.47. The summed E-state index contributed by atoms with van der Waals surface area (Å²) in [6.07, 6.45) is 5.63. The summed E-state index contributed by atoms with van der Waals surface area (Å²) in [6, 6.07) is 16.6. The highest BCUT2D eigenvalue weighted by molar-refractivity contribution is 5.73. The van der Waals surface area contributed by atoms with Gasteiger partial charge in [0.25, 0.3) is 0 Å². The van der Waals surface area contributed by atoms with Gasteiger partial charge in [-0.25, -0.2) is 0 Å². The number of aromatic nitrogens is 2. The van der Waals surface area contributed by atoms with E-state index >= 15 is 0 Å². The maximum absolute atomic E-state index is 4.62. The van der Waals surface area contributed by atoms with Crippen LogP contribution in [0.25, 0.3) is 22.4 Å². The van der Waals surface area contributed by atoms with Crippen molar-refractivity contribution in [2.75, 3.05) is 0 Å². The first-order valence-electron chi connectivity index (χ1n) is 7.21. The van der Waals surface area contributed by atoms with E-state index in [1.165, 1.54) is 16.7 Å². The van der Waals surface area contributed by atoms with Crippen molar-refractivity contribution in [1.82, 2.24) is 9.97 Å². The molecule has 0 unspecified atom stereocenters. The average molecular weight is 274 g/mol. The first-order valence-corrected chi connectivity index (χ1v) is 7.21. The zero-order chi connectivity index (χ0) is 14.7. The highest BCUT2D eigenvalue weighted by Gasteiger charge is 2.11. The predicted molar refractivity (Wildman–Crippen MR) is 87.0 cm³/mol. The number of hydrogen-bond donors (Lipinski definition) is 0. The Morgan fingerprint density at radius 1 is 0.857 bits per heavy atom. The lowest BCUT2D eigenvalue weighted by Crippen LogP contribution is -1.96. The molecule has 0 aliphatic heterocycles. The molecule has 0 atom stereocenters. The van der Waals surface area contributed by atoms with E-state index in [1.807, 2.05) is 30.6 Å². The Labute approximate surface area is 125 Å². The molecular weight excluding hydrogens is 256 g/mol. The largest absolute Gasteiger partial charge is 0.264 e. The smallest absolute Gasteiger partial charge is 0.0723 e. The van der Waals surface area contributed by atoms with Gasteiger partial charge < -0.3 is 0 Å². The third-order valence-corrected chi connectivity index (χ3v) is 3.60. The molecule has 2 heteroatoms. The van der Waals surface area contributed by atoms with E-state index in [-0.39, 0.29) is 0 Å². The van der Waals surface area contributed by atoms with Crippen LogP contribution in [0.15, 0.2) is 67.1 Å². The molecule has 104 valence electrons. The van der Waals surface area contributed by atoms with Crippen LogP contribution in [0.3, 0.4) is 0 Å². The summed E-state index contributed by atoms with van der Waals surface area (Å²) in [5.74, 6) is 0.440. The lowest BCUT2D eigenvalue weighted by molar-refractivity contribution is 0.861. The second-order valence-electron chi connectivity index (χ2n) is 5.42. The van der Waals surface area contributed by atoms with Gasteiger partial charge in [-0.1, -0.05) is 44.2 Å². The van der Waals surface area contributed by atoms with Gasteiger partial charge in [0.15, 0.2) is 0 Å². The van der Waals surface area contributed by atoms with Crippen molar-refractivity contribution in [2.24, 2.45) is 0 Å². The molecule has 0 N–H and O–H groups in total. The van der Waals surface area contributed by atoms with Crippen LogP contribution in [0.5, 0.6) is 0 Å². The third kappa shape index (κ3) is 2.84. The Morgan fingerprint density at radius 2 is 1.62 bits per heavy atom. The van der Waals surface area contributed by atoms with Gasteiger partial charge in [-0.3, -0.25) is 9.97 Å². The lowest BCUT2D eigenvalue weighted by Gasteiger charge is -2.14. The van der Waals surface area contributed by atoms with Crippen LogP contribution in [-0.2, 0) is 0 Å². The van der Waals surface area contributed by atoms with Crippen molar-refractivity contribution >= 4 is 0 Å². The van der Waals surface area contributed by atoms with Gasteiger partial charge in [0.2, 0.25) is 0 Å². The zero-order valence-electron chi connectivity index (χ0n) is 12.3. The van der Waals surface area contributed by atoms with Gasteiger partial charge in [-0.2, -0.15) is 0 Å². The van der Waals surface area contributed by atoms with Crippen molar-refractivity contribution in [2.45, 2.75) is 19.8 Å². The van der Waals surface area contributed by atoms with Crippen LogP contribution < -0.4 is 0 Å². The van der Waals surface area contributed by atoms with Crippen LogP contribution >= 0.6 is 0 Å². The van der Waals surface area contributed by atoms with Crippen LogP contribution in [0, 0.1) is 0 Å². The normalized spacial score (nSPS) is 10.8. The Bertz CT molecular complexity index is 719. The van der Waals surface area contributed by atoms with Crippen molar-refractivity contribution in [3.63, 3.8) is 0 Å². The molecule has 0 amide bonds. The van der Waals surface area contributed by atoms with E-state index in [1.54, 1.807) is 6.20 Å². The maximum Gasteiger partial charge on any atom is 0.0723 e. The van der Waals surface area contributed by atoms with Crippen LogP contribution in [0.4, 0.5) is 0 Å². The van der Waals surface area contributed by atoms with E-state index in [2.05, 4.69) is 54.1 Å². The van der Waals surface area contributed by atoms with Gasteiger partial charge in [-0.05, 0) is 40.8 Å². The summed E-state index contributed by atoms with van der Waals surface area (Å²) in [6.45, 7) is 4.40. The number of benzene rings is 1. The number of pyridine rings is 2. The fourth-order valence-corrected chi connectivity index (χ4v) is 2.47. The molecule has 0 bridgehead atoms. The Hall–Kier alpha value is -2.48. The topological polar surface area (TPSA) is 25.8 Å². The minimum Gasteiger partial charge on any atom is -0.264 e. The quantitative estimate of drug-likeness (QED) is 0.676. The molecule has 2 nitrogen and oxygen atoms in total. The lowest BCUT2D eigenvalue weighted by atomic mass is 9.93. The van der Waals surface area contributed by atoms with Crippen LogP contribution in [0.2, 0.25) is 0 Å². The van der Waals surface area contributed by atoms with Gasteiger partial charge in [-0.15, -0.1) is 0 Å². The molecule has 3 aromatic rings. The first kappa shape index (κ1) is 13.5. The molecule has 2 heterocycles. The average Bonchev–Trinajstić information content (AvgIpc) is 2.56. The molecule has 0 spiro atoms. The highest BCUT2D eigenvalue weighted by atomic mass is 14.7. The van der Waals surface area contributed by atoms with Gasteiger partial charge in [0.1, 0.15) is 0 Å². The molecule has 0 saturated heterocycles. The van der Waals surface area contributed by atoms with E-state index < -0.39 is 0 Å². The summed E-state index contributed by atoms with van der Waals surface area (Å²) in [4.78, 5) is 8.80.